The van der Waals surface area contributed by atoms with Crippen molar-refractivity contribution in [3.8, 4) is 0 Å². The fourth-order valence-corrected chi connectivity index (χ4v) is 1.73. The van der Waals surface area contributed by atoms with E-state index in [1.165, 1.54) is 12.1 Å². The summed E-state index contributed by atoms with van der Waals surface area (Å²) < 4.78 is 4.97. The SMILES string of the molecule is COCCN(C)CCNC(=O)Cc1ccc([N+](=O)[O-])cc1. The average molecular weight is 295 g/mol. The van der Waals surface area contributed by atoms with E-state index in [1.54, 1.807) is 19.2 Å². The van der Waals surface area contributed by atoms with E-state index in [4.69, 9.17) is 4.74 Å². The third kappa shape index (κ3) is 6.82. The molecule has 0 saturated carbocycles. The molecular formula is C14H21N3O4. The number of nitro groups is 1. The van der Waals surface area contributed by atoms with Crippen LogP contribution in [-0.2, 0) is 16.0 Å². The molecular weight excluding hydrogens is 274 g/mol. The largest absolute Gasteiger partial charge is 0.383 e. The van der Waals surface area contributed by atoms with Crippen LogP contribution in [0, 0.1) is 10.1 Å². The molecule has 7 heteroatoms. The molecule has 21 heavy (non-hydrogen) atoms. The Bertz CT molecular complexity index is 462. The maximum Gasteiger partial charge on any atom is 0.269 e. The van der Waals surface area contributed by atoms with E-state index in [9.17, 15) is 14.9 Å². The van der Waals surface area contributed by atoms with E-state index in [0.29, 0.717) is 13.2 Å². The number of likely N-dealkylation sites (N-methyl/N-ethyl adjacent to an activating group) is 1. The first-order valence-corrected chi connectivity index (χ1v) is 6.70. The lowest BCUT2D eigenvalue weighted by atomic mass is 10.1. The Morgan fingerprint density at radius 2 is 2.00 bits per heavy atom. The highest BCUT2D eigenvalue weighted by Gasteiger charge is 2.07. The van der Waals surface area contributed by atoms with Crippen molar-refractivity contribution in [1.29, 1.82) is 0 Å². The summed E-state index contributed by atoms with van der Waals surface area (Å²) in [5, 5.41) is 13.3. The molecule has 0 unspecified atom stereocenters. The molecule has 0 fully saturated rings. The maximum atomic E-state index is 11.7. The summed E-state index contributed by atoms with van der Waals surface area (Å²) in [6.45, 7) is 2.78. The normalized spacial score (nSPS) is 10.6. The molecule has 0 bridgehead atoms. The minimum absolute atomic E-state index is 0.0268. The predicted octanol–water partition coefficient (Wildman–Crippen LogP) is 0.832. The number of non-ortho nitro benzene ring substituents is 1. The minimum atomic E-state index is -0.459. The molecule has 1 aromatic rings. The average Bonchev–Trinajstić information content (AvgIpc) is 2.45. The summed E-state index contributed by atoms with van der Waals surface area (Å²) in [5.41, 5.74) is 0.782. The number of nitro benzene ring substituents is 1. The van der Waals surface area contributed by atoms with Crippen molar-refractivity contribution in [2.24, 2.45) is 0 Å². The quantitative estimate of drug-likeness (QED) is 0.539. The van der Waals surface area contributed by atoms with Crippen molar-refractivity contribution in [3.05, 3.63) is 39.9 Å². The third-order valence-corrected chi connectivity index (χ3v) is 3.00. The number of methoxy groups -OCH3 is 1. The Hall–Kier alpha value is -1.99. The second-order valence-electron chi connectivity index (χ2n) is 4.75. The monoisotopic (exact) mass is 295 g/mol. The lowest BCUT2D eigenvalue weighted by molar-refractivity contribution is -0.384. The number of carbonyl (C=O) groups is 1. The van der Waals surface area contributed by atoms with Crippen molar-refractivity contribution in [2.75, 3.05) is 40.4 Å². The zero-order chi connectivity index (χ0) is 15.7. The molecule has 0 spiro atoms. The Labute approximate surface area is 124 Å². The van der Waals surface area contributed by atoms with Crippen LogP contribution in [0.5, 0.6) is 0 Å². The van der Waals surface area contributed by atoms with Gasteiger partial charge in [-0.2, -0.15) is 0 Å². The first kappa shape index (κ1) is 17.1. The van der Waals surface area contributed by atoms with E-state index in [1.807, 2.05) is 7.05 Å². The molecule has 0 aromatic heterocycles. The van der Waals surface area contributed by atoms with Gasteiger partial charge < -0.3 is 15.0 Å². The maximum absolute atomic E-state index is 11.7. The molecule has 1 amide bonds. The number of amides is 1. The Morgan fingerprint density at radius 3 is 2.57 bits per heavy atom. The van der Waals surface area contributed by atoms with Crippen LogP contribution in [0.4, 0.5) is 5.69 Å². The first-order chi connectivity index (χ1) is 10.0. The van der Waals surface area contributed by atoms with Gasteiger partial charge >= 0.3 is 0 Å². The van der Waals surface area contributed by atoms with E-state index >= 15 is 0 Å². The molecule has 1 N–H and O–H groups in total. The van der Waals surface area contributed by atoms with Gasteiger partial charge in [0.15, 0.2) is 0 Å². The van der Waals surface area contributed by atoms with Crippen LogP contribution >= 0.6 is 0 Å². The van der Waals surface area contributed by atoms with Crippen LogP contribution in [-0.4, -0.2) is 56.1 Å². The Kier molecular flexibility index (Phi) is 7.34. The van der Waals surface area contributed by atoms with Gasteiger partial charge in [-0.1, -0.05) is 12.1 Å². The fourth-order valence-electron chi connectivity index (χ4n) is 1.73. The summed E-state index contributed by atoms with van der Waals surface area (Å²) in [5.74, 6) is -0.0935. The van der Waals surface area contributed by atoms with Gasteiger partial charge in [-0.15, -0.1) is 0 Å². The minimum Gasteiger partial charge on any atom is -0.383 e. The number of hydrogen-bond donors (Lipinski definition) is 1. The molecule has 0 heterocycles. The number of carbonyl (C=O) groups excluding carboxylic acids is 1. The van der Waals surface area contributed by atoms with E-state index in [0.717, 1.165) is 18.7 Å². The lowest BCUT2D eigenvalue weighted by Crippen LogP contribution is -2.35. The molecule has 1 aromatic carbocycles. The molecule has 0 aliphatic carbocycles. The van der Waals surface area contributed by atoms with Gasteiger partial charge in [0, 0.05) is 38.9 Å². The number of rotatable bonds is 9. The van der Waals surface area contributed by atoms with Crippen molar-refractivity contribution in [3.63, 3.8) is 0 Å². The molecule has 1 rings (SSSR count). The zero-order valence-corrected chi connectivity index (χ0v) is 12.4. The Balaban J connectivity index is 2.28. The summed E-state index contributed by atoms with van der Waals surface area (Å²) in [7, 11) is 3.61. The van der Waals surface area contributed by atoms with Crippen LogP contribution in [0.25, 0.3) is 0 Å². The standard InChI is InChI=1S/C14H21N3O4/c1-16(9-10-21-2)8-7-15-14(18)11-12-3-5-13(6-4-12)17(19)20/h3-6H,7-11H2,1-2H3,(H,15,18). The molecule has 0 atom stereocenters. The Morgan fingerprint density at radius 1 is 1.33 bits per heavy atom. The summed E-state index contributed by atoms with van der Waals surface area (Å²) in [6.07, 6.45) is 0.222. The van der Waals surface area contributed by atoms with Crippen molar-refractivity contribution >= 4 is 11.6 Å². The molecule has 7 nitrogen and oxygen atoms in total. The van der Waals surface area contributed by atoms with Gasteiger partial charge in [-0.25, -0.2) is 0 Å². The number of ether oxygens (including phenoxy) is 1. The molecule has 116 valence electrons. The highest BCUT2D eigenvalue weighted by Crippen LogP contribution is 2.12. The zero-order valence-electron chi connectivity index (χ0n) is 12.4. The van der Waals surface area contributed by atoms with Gasteiger partial charge in [-0.3, -0.25) is 14.9 Å². The summed E-state index contributed by atoms with van der Waals surface area (Å²) in [6, 6.07) is 6.01. The molecule has 0 aliphatic rings. The highest BCUT2D eigenvalue weighted by molar-refractivity contribution is 5.78. The van der Waals surface area contributed by atoms with E-state index in [-0.39, 0.29) is 18.0 Å². The molecule has 0 saturated heterocycles. The van der Waals surface area contributed by atoms with Gasteiger partial charge in [-0.05, 0) is 12.6 Å². The van der Waals surface area contributed by atoms with Crippen LogP contribution in [0.1, 0.15) is 5.56 Å². The van der Waals surface area contributed by atoms with Crippen LogP contribution in [0.15, 0.2) is 24.3 Å². The van der Waals surface area contributed by atoms with Crippen LogP contribution < -0.4 is 5.32 Å². The van der Waals surface area contributed by atoms with Gasteiger partial charge in [0.1, 0.15) is 0 Å². The summed E-state index contributed by atoms with van der Waals surface area (Å²) in [4.78, 5) is 23.9. The predicted molar refractivity (Wildman–Crippen MR) is 79.2 cm³/mol. The van der Waals surface area contributed by atoms with Crippen LogP contribution in [0.3, 0.4) is 0 Å². The summed E-state index contributed by atoms with van der Waals surface area (Å²) >= 11 is 0. The fraction of sp³-hybridized carbons (Fsp3) is 0.500. The second-order valence-corrected chi connectivity index (χ2v) is 4.75. The van der Waals surface area contributed by atoms with Crippen molar-refractivity contribution < 1.29 is 14.5 Å². The lowest BCUT2D eigenvalue weighted by Gasteiger charge is -2.16. The van der Waals surface area contributed by atoms with Gasteiger partial charge in [0.25, 0.3) is 5.69 Å². The molecule has 0 aliphatic heterocycles. The number of nitrogens with zero attached hydrogens (tertiary/aromatic N) is 2. The highest BCUT2D eigenvalue weighted by atomic mass is 16.6. The van der Waals surface area contributed by atoms with Crippen molar-refractivity contribution in [1.82, 2.24) is 10.2 Å². The van der Waals surface area contributed by atoms with E-state index in [2.05, 4.69) is 10.2 Å². The number of benzene rings is 1. The number of nitrogens with one attached hydrogen (secondary N) is 1. The topological polar surface area (TPSA) is 84.7 Å². The van der Waals surface area contributed by atoms with Gasteiger partial charge in [0.05, 0.1) is 18.0 Å². The smallest absolute Gasteiger partial charge is 0.269 e. The van der Waals surface area contributed by atoms with E-state index < -0.39 is 4.92 Å². The third-order valence-electron chi connectivity index (χ3n) is 3.00. The van der Waals surface area contributed by atoms with Gasteiger partial charge in [0.2, 0.25) is 5.91 Å². The second kappa shape index (κ2) is 9.04. The first-order valence-electron chi connectivity index (χ1n) is 6.70. The number of hydrogen-bond acceptors (Lipinski definition) is 5. The molecule has 0 radical (unpaired) electrons. The van der Waals surface area contributed by atoms with Crippen molar-refractivity contribution in [2.45, 2.75) is 6.42 Å². The van der Waals surface area contributed by atoms with Crippen LogP contribution in [0.2, 0.25) is 0 Å².